The lowest BCUT2D eigenvalue weighted by Crippen LogP contribution is -2.19. The summed E-state index contributed by atoms with van der Waals surface area (Å²) in [5.41, 5.74) is 4.33. The highest BCUT2D eigenvalue weighted by atomic mass is 16.5. The molecule has 1 saturated carbocycles. The van der Waals surface area contributed by atoms with E-state index in [-0.39, 0.29) is 5.84 Å². The van der Waals surface area contributed by atoms with Crippen molar-refractivity contribution >= 4 is 5.84 Å². The monoisotopic (exact) mass is 204 g/mol. The van der Waals surface area contributed by atoms with Crippen molar-refractivity contribution in [3.63, 3.8) is 0 Å². The lowest BCUT2D eigenvalue weighted by atomic mass is 9.80. The van der Waals surface area contributed by atoms with Crippen molar-refractivity contribution in [1.82, 2.24) is 5.48 Å². The average Bonchev–Trinajstić information content (AvgIpc) is 2.18. The summed E-state index contributed by atoms with van der Waals surface area (Å²) in [5, 5.41) is 15.8. The molecule has 80 valence electrons. The Kier molecular flexibility index (Phi) is 3.02. The van der Waals surface area contributed by atoms with E-state index in [1.54, 1.807) is 0 Å². The largest absolute Gasteiger partial charge is 0.290 e. The molecule has 0 saturated heterocycles. The standard InChI is InChI=1S/C12H16N2O/c13-12(14-15)8-9-4-6-11(7-5-9)10-2-1-3-10/h4-7,10,15H,1-3,8H2,(H2,13,14). The van der Waals surface area contributed by atoms with E-state index in [2.05, 4.69) is 12.1 Å². The normalized spacial score (nSPS) is 15.8. The second-order valence-corrected chi connectivity index (χ2v) is 4.14. The van der Waals surface area contributed by atoms with Crippen molar-refractivity contribution in [2.45, 2.75) is 31.6 Å². The maximum atomic E-state index is 8.51. The van der Waals surface area contributed by atoms with Gasteiger partial charge in [-0.15, -0.1) is 0 Å². The van der Waals surface area contributed by atoms with Crippen LogP contribution in [0.4, 0.5) is 0 Å². The molecule has 0 unspecified atom stereocenters. The van der Waals surface area contributed by atoms with Gasteiger partial charge in [-0.05, 0) is 29.9 Å². The summed E-state index contributed by atoms with van der Waals surface area (Å²) >= 11 is 0. The maximum absolute atomic E-state index is 8.51. The van der Waals surface area contributed by atoms with Crippen LogP contribution >= 0.6 is 0 Å². The van der Waals surface area contributed by atoms with Crippen LogP contribution in [0.15, 0.2) is 24.3 Å². The van der Waals surface area contributed by atoms with Gasteiger partial charge in [0.05, 0.1) is 0 Å². The lowest BCUT2D eigenvalue weighted by Gasteiger charge is -2.25. The lowest BCUT2D eigenvalue weighted by molar-refractivity contribution is 0.231. The SMILES string of the molecule is N=C(Cc1ccc(C2CCC2)cc1)NO. The minimum atomic E-state index is 0.131. The molecule has 2 rings (SSSR count). The van der Waals surface area contributed by atoms with Gasteiger partial charge in [0.2, 0.25) is 0 Å². The molecule has 0 spiro atoms. The quantitative estimate of drug-likeness (QED) is 0.402. The fraction of sp³-hybridized carbons (Fsp3) is 0.417. The Hall–Kier alpha value is -1.35. The second kappa shape index (κ2) is 4.45. The zero-order valence-electron chi connectivity index (χ0n) is 8.66. The van der Waals surface area contributed by atoms with Gasteiger partial charge in [-0.1, -0.05) is 30.7 Å². The summed E-state index contributed by atoms with van der Waals surface area (Å²) < 4.78 is 0. The Bertz CT molecular complexity index is 341. The molecule has 3 nitrogen and oxygen atoms in total. The molecule has 0 bridgehead atoms. The van der Waals surface area contributed by atoms with Crippen LogP contribution in [0.3, 0.4) is 0 Å². The van der Waals surface area contributed by atoms with Crippen molar-refractivity contribution in [3.05, 3.63) is 35.4 Å². The molecular weight excluding hydrogens is 188 g/mol. The Morgan fingerprint density at radius 2 is 2.00 bits per heavy atom. The summed E-state index contributed by atoms with van der Waals surface area (Å²) in [6, 6.07) is 8.37. The first-order valence-electron chi connectivity index (χ1n) is 5.36. The van der Waals surface area contributed by atoms with E-state index in [9.17, 15) is 0 Å². The van der Waals surface area contributed by atoms with E-state index in [0.717, 1.165) is 11.5 Å². The molecule has 1 aliphatic rings. The number of amidine groups is 1. The van der Waals surface area contributed by atoms with Crippen LogP contribution in [-0.2, 0) is 6.42 Å². The molecule has 0 radical (unpaired) electrons. The molecule has 0 aliphatic heterocycles. The predicted octanol–water partition coefficient (Wildman–Crippen LogP) is 2.45. The van der Waals surface area contributed by atoms with Crippen molar-refractivity contribution in [3.8, 4) is 0 Å². The van der Waals surface area contributed by atoms with Crippen molar-refractivity contribution in [2.24, 2.45) is 0 Å². The van der Waals surface area contributed by atoms with Crippen LogP contribution in [0.1, 0.15) is 36.3 Å². The molecule has 3 N–H and O–H groups in total. The first-order valence-corrected chi connectivity index (χ1v) is 5.36. The van der Waals surface area contributed by atoms with Gasteiger partial charge in [0, 0.05) is 6.42 Å². The van der Waals surface area contributed by atoms with Gasteiger partial charge in [0.15, 0.2) is 0 Å². The molecule has 15 heavy (non-hydrogen) atoms. The fourth-order valence-corrected chi connectivity index (χ4v) is 1.89. The molecule has 0 aromatic heterocycles. The molecule has 1 aromatic carbocycles. The van der Waals surface area contributed by atoms with Crippen LogP contribution in [0.25, 0.3) is 0 Å². The molecule has 1 fully saturated rings. The molecule has 1 aromatic rings. The minimum Gasteiger partial charge on any atom is -0.290 e. The summed E-state index contributed by atoms with van der Waals surface area (Å²) in [7, 11) is 0. The zero-order valence-corrected chi connectivity index (χ0v) is 8.66. The summed E-state index contributed by atoms with van der Waals surface area (Å²) in [6.07, 6.45) is 4.44. The van der Waals surface area contributed by atoms with Crippen molar-refractivity contribution < 1.29 is 5.21 Å². The Morgan fingerprint density at radius 1 is 1.33 bits per heavy atom. The summed E-state index contributed by atoms with van der Waals surface area (Å²) in [6.45, 7) is 0. The zero-order chi connectivity index (χ0) is 10.7. The van der Waals surface area contributed by atoms with Crippen LogP contribution < -0.4 is 5.48 Å². The van der Waals surface area contributed by atoms with Crippen LogP contribution in [0, 0.1) is 5.41 Å². The highest BCUT2D eigenvalue weighted by Gasteiger charge is 2.18. The first-order chi connectivity index (χ1) is 7.29. The molecule has 0 amide bonds. The van der Waals surface area contributed by atoms with E-state index in [0.29, 0.717) is 6.42 Å². The second-order valence-electron chi connectivity index (χ2n) is 4.14. The third-order valence-electron chi connectivity index (χ3n) is 3.07. The molecule has 1 aliphatic carbocycles. The molecule has 0 heterocycles. The topological polar surface area (TPSA) is 56.1 Å². The van der Waals surface area contributed by atoms with Crippen LogP contribution in [0.2, 0.25) is 0 Å². The maximum Gasteiger partial charge on any atom is 0.122 e. The third kappa shape index (κ3) is 2.36. The smallest absolute Gasteiger partial charge is 0.122 e. The number of hydrogen-bond acceptors (Lipinski definition) is 2. The summed E-state index contributed by atoms with van der Waals surface area (Å²) in [5.74, 6) is 0.890. The first kappa shape index (κ1) is 10.2. The Balaban J connectivity index is 2.00. The molecule has 0 atom stereocenters. The van der Waals surface area contributed by atoms with Gasteiger partial charge < -0.3 is 0 Å². The summed E-state index contributed by atoms with van der Waals surface area (Å²) in [4.78, 5) is 0. The van der Waals surface area contributed by atoms with Gasteiger partial charge in [-0.2, -0.15) is 0 Å². The van der Waals surface area contributed by atoms with Crippen molar-refractivity contribution in [1.29, 1.82) is 5.41 Å². The van der Waals surface area contributed by atoms with Gasteiger partial charge >= 0.3 is 0 Å². The van der Waals surface area contributed by atoms with E-state index in [1.807, 2.05) is 17.6 Å². The van der Waals surface area contributed by atoms with Crippen molar-refractivity contribution in [2.75, 3.05) is 0 Å². The number of rotatable bonds is 3. The number of nitrogens with one attached hydrogen (secondary N) is 2. The van der Waals surface area contributed by atoms with Gasteiger partial charge in [0.1, 0.15) is 5.84 Å². The van der Waals surface area contributed by atoms with Gasteiger partial charge in [0.25, 0.3) is 0 Å². The number of hydrogen-bond donors (Lipinski definition) is 3. The Morgan fingerprint density at radius 3 is 2.47 bits per heavy atom. The van der Waals surface area contributed by atoms with Crippen LogP contribution in [-0.4, -0.2) is 11.0 Å². The molecule has 3 heteroatoms. The third-order valence-corrected chi connectivity index (χ3v) is 3.07. The van der Waals surface area contributed by atoms with E-state index < -0.39 is 0 Å². The minimum absolute atomic E-state index is 0.131. The average molecular weight is 204 g/mol. The highest BCUT2D eigenvalue weighted by molar-refractivity contribution is 5.80. The number of benzene rings is 1. The molecular formula is C12H16N2O. The Labute approximate surface area is 89.6 Å². The van der Waals surface area contributed by atoms with E-state index in [1.165, 1.54) is 24.8 Å². The fourth-order valence-electron chi connectivity index (χ4n) is 1.89. The van der Waals surface area contributed by atoms with Gasteiger partial charge in [-0.25, -0.2) is 0 Å². The van der Waals surface area contributed by atoms with E-state index in [4.69, 9.17) is 10.6 Å². The van der Waals surface area contributed by atoms with E-state index >= 15 is 0 Å². The highest BCUT2D eigenvalue weighted by Crippen LogP contribution is 2.36. The van der Waals surface area contributed by atoms with Gasteiger partial charge in [-0.3, -0.25) is 16.1 Å². The predicted molar refractivity (Wildman–Crippen MR) is 59.4 cm³/mol. The number of hydroxylamine groups is 1. The van der Waals surface area contributed by atoms with Crippen LogP contribution in [0.5, 0.6) is 0 Å².